The monoisotopic (exact) mass is 270 g/mol. The van der Waals surface area contributed by atoms with Crippen molar-refractivity contribution < 1.29 is 22.1 Å². The Bertz CT molecular complexity index is 559. The summed E-state index contributed by atoms with van der Waals surface area (Å²) in [5.74, 6) is -1.28. The molecule has 0 bridgehead atoms. The Morgan fingerprint density at radius 3 is 2.53 bits per heavy atom. The fourth-order valence-electron chi connectivity index (χ4n) is 1.51. The highest BCUT2D eigenvalue weighted by molar-refractivity contribution is 6.73. The summed E-state index contributed by atoms with van der Waals surface area (Å²) >= 11 is 0. The number of halogens is 4. The van der Waals surface area contributed by atoms with Gasteiger partial charge in [0.2, 0.25) is 0 Å². The zero-order valence-electron chi connectivity index (χ0n) is 9.69. The van der Waals surface area contributed by atoms with Crippen LogP contribution in [0.5, 0.6) is 5.75 Å². The number of rotatable bonds is 4. The molecule has 1 aromatic heterocycles. The second kappa shape index (κ2) is 5.30. The van der Waals surface area contributed by atoms with Crippen molar-refractivity contribution in [3.05, 3.63) is 54.1 Å². The number of hydrogen-bond acceptors (Lipinski definition) is 2. The van der Waals surface area contributed by atoms with Gasteiger partial charge in [0.15, 0.2) is 0 Å². The fraction of sp³-hybridized carbons (Fsp3) is 0.0833. The molecule has 0 aliphatic heterocycles. The van der Waals surface area contributed by atoms with Crippen molar-refractivity contribution in [3.8, 4) is 5.75 Å². The molecule has 0 saturated heterocycles. The summed E-state index contributed by atoms with van der Waals surface area (Å²) in [5.41, 5.74) is -0.499. The Morgan fingerprint density at radius 1 is 1.16 bits per heavy atom. The molecule has 0 atom stereocenters. The minimum atomic E-state index is -5.34. The van der Waals surface area contributed by atoms with Gasteiger partial charge in [0, 0.05) is 24.0 Å². The fourth-order valence-corrected chi connectivity index (χ4v) is 1.51. The van der Waals surface area contributed by atoms with E-state index in [0.717, 1.165) is 17.7 Å². The van der Waals surface area contributed by atoms with Gasteiger partial charge in [0.1, 0.15) is 12.4 Å². The maximum atomic E-state index is 13.3. The first-order valence-corrected chi connectivity index (χ1v) is 5.48. The first-order valence-electron chi connectivity index (χ1n) is 5.48. The van der Waals surface area contributed by atoms with Crippen LogP contribution in [0.3, 0.4) is 0 Å². The van der Waals surface area contributed by atoms with Crippen LogP contribution in [0.2, 0.25) is 0 Å². The molecule has 0 N–H and O–H groups in total. The molecule has 0 unspecified atom stereocenters. The van der Waals surface area contributed by atoms with E-state index in [9.17, 15) is 17.3 Å². The quantitative estimate of drug-likeness (QED) is 0.629. The summed E-state index contributed by atoms with van der Waals surface area (Å²) in [6.07, 6.45) is 3.15. The molecule has 2 aromatic rings. The van der Waals surface area contributed by atoms with Crippen LogP contribution in [-0.2, 0) is 6.61 Å². The van der Waals surface area contributed by atoms with Crippen molar-refractivity contribution in [2.75, 3.05) is 0 Å². The lowest BCUT2D eigenvalue weighted by Crippen LogP contribution is -2.36. The van der Waals surface area contributed by atoms with Gasteiger partial charge in [0.05, 0.1) is 5.82 Å². The maximum Gasteiger partial charge on any atom is 0.512 e. The first kappa shape index (κ1) is 13.4. The molecule has 0 amide bonds. The van der Waals surface area contributed by atoms with Gasteiger partial charge in [-0.25, -0.2) is 4.39 Å². The van der Waals surface area contributed by atoms with Gasteiger partial charge in [-0.05, 0) is 12.1 Å². The molecule has 2 nitrogen and oxygen atoms in total. The average Bonchev–Trinajstić information content (AvgIpc) is 2.36. The number of nitrogens with zero attached hydrogens (tertiary/aromatic N) is 1. The van der Waals surface area contributed by atoms with Crippen molar-refractivity contribution in [2.24, 2.45) is 0 Å². The maximum absolute atomic E-state index is 13.3. The van der Waals surface area contributed by atoms with Crippen LogP contribution in [0.25, 0.3) is 0 Å². The molecule has 0 saturated carbocycles. The van der Waals surface area contributed by atoms with E-state index in [4.69, 9.17) is 4.74 Å². The highest BCUT2D eigenvalue weighted by Crippen LogP contribution is 2.17. The molecule has 0 aliphatic carbocycles. The lowest BCUT2D eigenvalue weighted by molar-refractivity contribution is 0.304. The van der Waals surface area contributed by atoms with E-state index >= 15 is 0 Å². The van der Waals surface area contributed by atoms with Crippen LogP contribution in [0.15, 0.2) is 42.7 Å². The summed E-state index contributed by atoms with van der Waals surface area (Å²) in [7, 11) is 0. The van der Waals surface area contributed by atoms with Crippen LogP contribution in [0.1, 0.15) is 5.56 Å². The van der Waals surface area contributed by atoms with Gasteiger partial charge >= 0.3 is 6.98 Å². The van der Waals surface area contributed by atoms with Crippen molar-refractivity contribution in [1.82, 2.24) is 4.98 Å². The summed E-state index contributed by atoms with van der Waals surface area (Å²) in [4.78, 5) is 3.86. The summed E-state index contributed by atoms with van der Waals surface area (Å²) in [6.45, 7) is -5.23. The van der Waals surface area contributed by atoms with E-state index in [-0.39, 0.29) is 12.4 Å². The van der Waals surface area contributed by atoms with Gasteiger partial charge in [-0.2, -0.15) is 0 Å². The molecule has 7 heteroatoms. The third-order valence-electron chi connectivity index (χ3n) is 2.45. The van der Waals surface area contributed by atoms with Crippen LogP contribution >= 0.6 is 0 Å². The number of hydrogen-bond donors (Lipinski definition) is 0. The Hall–Kier alpha value is -2.05. The van der Waals surface area contributed by atoms with E-state index in [1.807, 2.05) is 0 Å². The lowest BCUT2D eigenvalue weighted by Gasteiger charge is -2.16. The van der Waals surface area contributed by atoms with E-state index in [1.165, 1.54) is 0 Å². The molecule has 2 rings (SSSR count). The first-order chi connectivity index (χ1) is 8.97. The number of benzene rings is 1. The van der Waals surface area contributed by atoms with Gasteiger partial charge in [0.25, 0.3) is 0 Å². The minimum Gasteiger partial charge on any atom is -0.489 e. The smallest absolute Gasteiger partial charge is 0.489 e. The minimum absolute atomic E-state index is 0.0464. The summed E-state index contributed by atoms with van der Waals surface area (Å²) < 4.78 is 55.7. The Morgan fingerprint density at radius 2 is 1.95 bits per heavy atom. The normalized spacial score (nSPS) is 11.4. The molecule has 19 heavy (non-hydrogen) atoms. The molecule has 0 aliphatic rings. The van der Waals surface area contributed by atoms with Crippen LogP contribution in [0, 0.1) is 5.82 Å². The van der Waals surface area contributed by atoms with Crippen molar-refractivity contribution in [2.45, 2.75) is 6.61 Å². The number of pyridine rings is 1. The van der Waals surface area contributed by atoms with Crippen molar-refractivity contribution >= 4 is 12.4 Å². The van der Waals surface area contributed by atoms with Crippen LogP contribution in [0.4, 0.5) is 17.3 Å². The van der Waals surface area contributed by atoms with E-state index in [2.05, 4.69) is 4.98 Å². The highest BCUT2D eigenvalue weighted by atomic mass is 19.4. The standard InChI is InChI=1S/C12H9BF4NO/c14-12-6-10(3-4-11(12)13(15,16)17)19-8-9-2-1-5-18-7-9/h1-7H,8H2/q-1. The zero-order valence-corrected chi connectivity index (χ0v) is 9.69. The Balaban J connectivity index is 2.09. The molecule has 1 aromatic carbocycles. The van der Waals surface area contributed by atoms with Gasteiger partial charge in [-0.1, -0.05) is 17.6 Å². The SMILES string of the molecule is Fc1cc(OCc2cccnc2)ccc1[B-](F)(F)F. The third kappa shape index (κ3) is 3.46. The number of aromatic nitrogens is 1. The molecule has 100 valence electrons. The van der Waals surface area contributed by atoms with Crippen molar-refractivity contribution in [1.29, 1.82) is 0 Å². The van der Waals surface area contributed by atoms with E-state index in [1.54, 1.807) is 24.5 Å². The lowest BCUT2D eigenvalue weighted by atomic mass is 9.80. The van der Waals surface area contributed by atoms with Crippen LogP contribution < -0.4 is 10.2 Å². The van der Waals surface area contributed by atoms with Gasteiger partial charge in [-0.3, -0.25) is 4.98 Å². The van der Waals surface area contributed by atoms with E-state index < -0.39 is 18.3 Å². The predicted molar refractivity (Wildman–Crippen MR) is 63.7 cm³/mol. The Labute approximate surface area is 107 Å². The highest BCUT2D eigenvalue weighted by Gasteiger charge is 2.28. The zero-order chi connectivity index (χ0) is 13.9. The third-order valence-corrected chi connectivity index (χ3v) is 2.45. The summed E-state index contributed by atoms with van der Waals surface area (Å²) in [5, 5.41) is 0. The van der Waals surface area contributed by atoms with Gasteiger partial charge < -0.3 is 17.7 Å². The average molecular weight is 270 g/mol. The number of ether oxygens (including phenoxy) is 1. The molecule has 0 spiro atoms. The molecule has 0 fully saturated rings. The summed E-state index contributed by atoms with van der Waals surface area (Å²) in [6, 6.07) is 5.98. The second-order valence-electron chi connectivity index (χ2n) is 3.91. The predicted octanol–water partition coefficient (Wildman–Crippen LogP) is 2.85. The molecular formula is C12H9BF4NO-. The molecular weight excluding hydrogens is 261 g/mol. The largest absolute Gasteiger partial charge is 0.512 e. The van der Waals surface area contributed by atoms with Gasteiger partial charge in [-0.15, -0.1) is 0 Å². The molecule has 0 radical (unpaired) electrons. The van der Waals surface area contributed by atoms with Crippen molar-refractivity contribution in [3.63, 3.8) is 0 Å². The Kier molecular flexibility index (Phi) is 3.73. The topological polar surface area (TPSA) is 22.1 Å². The second-order valence-corrected chi connectivity index (χ2v) is 3.91. The molecule has 1 heterocycles. The van der Waals surface area contributed by atoms with Crippen LogP contribution in [-0.4, -0.2) is 12.0 Å². The van der Waals surface area contributed by atoms with E-state index in [0.29, 0.717) is 6.07 Å².